The number of rotatable bonds is 8. The summed E-state index contributed by atoms with van der Waals surface area (Å²) in [6.07, 6.45) is 7.64. The highest BCUT2D eigenvalue weighted by atomic mass is 16.5. The summed E-state index contributed by atoms with van der Waals surface area (Å²) in [5, 5.41) is 13.1. The number of likely N-dealkylation sites (N-methyl/N-ethyl adjacent to an activating group) is 1. The van der Waals surface area contributed by atoms with Gasteiger partial charge in [0.1, 0.15) is 11.9 Å². The van der Waals surface area contributed by atoms with Gasteiger partial charge in [0.05, 0.1) is 23.4 Å². The number of ketones is 1. The smallest absolute Gasteiger partial charge is 0.309 e. The maximum absolute atomic E-state index is 13.9. The van der Waals surface area contributed by atoms with Crippen LogP contribution in [0.1, 0.15) is 133 Å². The number of carboxylic acid groups (broad SMARTS) is 1. The first-order valence-electron chi connectivity index (χ1n) is 18.7. The molecule has 0 aromatic carbocycles. The van der Waals surface area contributed by atoms with E-state index in [-0.39, 0.29) is 63.8 Å². The van der Waals surface area contributed by atoms with Crippen LogP contribution in [0.2, 0.25) is 0 Å². The number of aliphatic carboxylic acids is 1. The van der Waals surface area contributed by atoms with E-state index in [0.717, 1.165) is 51.4 Å². The quantitative estimate of drug-likeness (QED) is 0.208. The molecule has 2 N–H and O–H groups in total. The van der Waals surface area contributed by atoms with Crippen molar-refractivity contribution < 1.29 is 29.0 Å². The maximum atomic E-state index is 13.9. The highest BCUT2D eigenvalue weighted by molar-refractivity contribution is 5.93. The fourth-order valence-corrected chi connectivity index (χ4v) is 12.0. The highest BCUT2D eigenvalue weighted by Gasteiger charge is 2.69. The van der Waals surface area contributed by atoms with E-state index in [1.54, 1.807) is 13.8 Å². The Morgan fingerprint density at radius 2 is 1.60 bits per heavy atom. The molecule has 270 valence electrons. The zero-order valence-electron chi connectivity index (χ0n) is 32.0. The van der Waals surface area contributed by atoms with Gasteiger partial charge in [-0.2, -0.15) is 0 Å². The van der Waals surface area contributed by atoms with Gasteiger partial charge in [-0.1, -0.05) is 54.0 Å². The summed E-state index contributed by atoms with van der Waals surface area (Å²) in [5.74, 6) is -0.278. The second-order valence-electron chi connectivity index (χ2n) is 19.1. The van der Waals surface area contributed by atoms with Crippen LogP contribution < -0.4 is 5.32 Å². The number of allylic oxidation sites excluding steroid dienone is 1. The number of ether oxygens (including phenoxy) is 1. The van der Waals surface area contributed by atoms with Gasteiger partial charge in [0, 0.05) is 17.8 Å². The molecule has 4 unspecified atom stereocenters. The van der Waals surface area contributed by atoms with Crippen LogP contribution in [0.3, 0.4) is 0 Å². The van der Waals surface area contributed by atoms with Crippen molar-refractivity contribution in [1.29, 1.82) is 0 Å². The molecule has 0 bridgehead atoms. The van der Waals surface area contributed by atoms with Crippen molar-refractivity contribution in [1.82, 2.24) is 10.2 Å². The normalized spacial score (nSPS) is 39.7. The number of carbonyl (C=O) groups excluding carboxylic acids is 3. The van der Waals surface area contributed by atoms with Gasteiger partial charge in [0.15, 0.2) is 0 Å². The van der Waals surface area contributed by atoms with Crippen molar-refractivity contribution in [3.05, 3.63) is 11.1 Å². The fourth-order valence-electron chi connectivity index (χ4n) is 12.0. The predicted molar refractivity (Wildman–Crippen MR) is 187 cm³/mol. The molecule has 0 aliphatic heterocycles. The van der Waals surface area contributed by atoms with Crippen molar-refractivity contribution in [2.45, 2.75) is 151 Å². The number of nitrogens with one attached hydrogen (secondary N) is 1. The van der Waals surface area contributed by atoms with Gasteiger partial charge >= 0.3 is 11.9 Å². The van der Waals surface area contributed by atoms with Gasteiger partial charge in [0.2, 0.25) is 5.91 Å². The third-order valence-electron chi connectivity index (χ3n) is 15.2. The molecule has 4 saturated carbocycles. The number of hydrogen-bond acceptors (Lipinski definition) is 6. The minimum absolute atomic E-state index is 0.00181. The molecular weight excluding hydrogens is 604 g/mol. The topological polar surface area (TPSA) is 113 Å². The van der Waals surface area contributed by atoms with Crippen molar-refractivity contribution in [2.75, 3.05) is 14.1 Å². The average molecular weight is 669 g/mol. The third kappa shape index (κ3) is 5.40. The minimum atomic E-state index is -1.16. The van der Waals surface area contributed by atoms with Gasteiger partial charge < -0.3 is 15.2 Å². The Kier molecular flexibility index (Phi) is 9.22. The summed E-state index contributed by atoms with van der Waals surface area (Å²) in [7, 11) is 3.85. The number of esters is 1. The molecule has 9 atom stereocenters. The molecule has 1 amide bonds. The first-order chi connectivity index (χ1) is 22.0. The van der Waals surface area contributed by atoms with Crippen molar-refractivity contribution in [3.63, 3.8) is 0 Å². The Morgan fingerprint density at radius 3 is 2.19 bits per heavy atom. The SMILES string of the molecule is CC(C)C1C(=O)C[C@]2(NC(=O)C(C)N(C)C)CC[C@]3(C)C(=C12)CCC1[C@@]2(C)CC[C@H](OC(=O)CC(C)(C)C(=O)O)C(C)(C)C2CC[C@]13C. The summed E-state index contributed by atoms with van der Waals surface area (Å²) in [6.45, 7) is 21.5. The molecule has 5 aliphatic rings. The molecule has 0 radical (unpaired) electrons. The zero-order chi connectivity index (χ0) is 36.0. The van der Waals surface area contributed by atoms with Crippen molar-refractivity contribution in [3.8, 4) is 0 Å². The molecule has 8 nitrogen and oxygen atoms in total. The Hall–Kier alpha value is -2.22. The lowest BCUT2D eigenvalue weighted by Gasteiger charge is -2.70. The fraction of sp³-hybridized carbons (Fsp3) is 0.850. The molecule has 48 heavy (non-hydrogen) atoms. The van der Waals surface area contributed by atoms with E-state index in [0.29, 0.717) is 18.3 Å². The molecule has 0 saturated heterocycles. The maximum Gasteiger partial charge on any atom is 0.309 e. The number of carboxylic acids is 1. The lowest BCUT2D eigenvalue weighted by Crippen LogP contribution is -2.65. The zero-order valence-corrected chi connectivity index (χ0v) is 32.0. The standard InChI is InChI=1S/C40H64N2O6/c1-23(2)31-26(43)21-40(41-33(45)24(3)42(11)12)20-19-38(9)25(32(31)40)13-14-28-37(8)17-16-29(48-30(44)22-35(4,5)34(46)47)36(6,7)27(37)15-18-39(28,38)10/h23-24,27-29,31H,13-22H2,1-12H3,(H,41,45)(H,46,47)/t24?,27?,28?,29-,31?,37-,38+,39+,40+/m0/s1. The largest absolute Gasteiger partial charge is 0.481 e. The summed E-state index contributed by atoms with van der Waals surface area (Å²) in [6, 6.07) is -0.281. The molecule has 0 heterocycles. The molecule has 0 aromatic rings. The Balaban J connectivity index is 1.49. The number of amides is 1. The van der Waals surface area contributed by atoms with E-state index in [9.17, 15) is 24.3 Å². The summed E-state index contributed by atoms with van der Waals surface area (Å²) >= 11 is 0. The summed E-state index contributed by atoms with van der Waals surface area (Å²) < 4.78 is 6.14. The molecule has 8 heteroatoms. The van der Waals surface area contributed by atoms with Gasteiger partial charge in [-0.15, -0.1) is 0 Å². The minimum Gasteiger partial charge on any atom is -0.481 e. The van der Waals surface area contributed by atoms with Gasteiger partial charge in [0.25, 0.3) is 0 Å². The lowest BCUT2D eigenvalue weighted by atomic mass is 9.34. The molecular formula is C40H64N2O6. The molecule has 5 aliphatic carbocycles. The average Bonchev–Trinajstić information content (AvgIpc) is 3.25. The van der Waals surface area contributed by atoms with Crippen LogP contribution in [0.15, 0.2) is 11.1 Å². The number of carbonyl (C=O) groups is 4. The second-order valence-corrected chi connectivity index (χ2v) is 19.1. The van der Waals surface area contributed by atoms with Gasteiger partial charge in [-0.25, -0.2) is 0 Å². The Bertz CT molecular complexity index is 1400. The molecule has 4 fully saturated rings. The Morgan fingerprint density at radius 1 is 0.958 bits per heavy atom. The van der Waals surface area contributed by atoms with Crippen LogP contribution in [-0.4, -0.2) is 65.4 Å². The number of Topliss-reactive ketones (excluding diaryl/α,β-unsaturated/α-hetero) is 1. The second kappa shape index (κ2) is 11.9. The van der Waals surface area contributed by atoms with E-state index in [4.69, 9.17) is 4.74 Å². The predicted octanol–water partition coefficient (Wildman–Crippen LogP) is 7.20. The van der Waals surface area contributed by atoms with Gasteiger partial charge in [-0.05, 0) is 126 Å². The molecule has 5 rings (SSSR count). The van der Waals surface area contributed by atoms with Gasteiger partial charge in [-0.3, -0.25) is 24.1 Å². The summed E-state index contributed by atoms with van der Waals surface area (Å²) in [5.41, 5.74) is 0.732. The van der Waals surface area contributed by atoms with Crippen LogP contribution >= 0.6 is 0 Å². The van der Waals surface area contributed by atoms with E-state index in [1.807, 2.05) is 25.9 Å². The number of nitrogens with zero attached hydrogens (tertiary/aromatic N) is 1. The van der Waals surface area contributed by atoms with Crippen LogP contribution in [0.5, 0.6) is 0 Å². The summed E-state index contributed by atoms with van der Waals surface area (Å²) in [4.78, 5) is 54.2. The molecule has 0 spiro atoms. The number of hydrogen-bond donors (Lipinski definition) is 2. The Labute approximate surface area is 289 Å². The van der Waals surface area contributed by atoms with Crippen LogP contribution in [0.4, 0.5) is 0 Å². The van der Waals surface area contributed by atoms with E-state index < -0.39 is 22.9 Å². The van der Waals surface area contributed by atoms with Crippen molar-refractivity contribution >= 4 is 23.6 Å². The van der Waals surface area contributed by atoms with E-state index >= 15 is 0 Å². The monoisotopic (exact) mass is 668 g/mol. The van der Waals surface area contributed by atoms with Crippen LogP contribution in [0, 0.1) is 50.7 Å². The van der Waals surface area contributed by atoms with E-state index in [1.165, 1.54) is 11.1 Å². The van der Waals surface area contributed by atoms with E-state index in [2.05, 4.69) is 53.8 Å². The first kappa shape index (κ1) is 37.0. The first-order valence-corrected chi connectivity index (χ1v) is 18.7. The van der Waals surface area contributed by atoms with Crippen LogP contribution in [0.25, 0.3) is 0 Å². The molecule has 0 aromatic heterocycles. The lowest BCUT2D eigenvalue weighted by molar-refractivity contribution is -0.214. The van der Waals surface area contributed by atoms with Crippen molar-refractivity contribution in [2.24, 2.45) is 50.7 Å². The number of fused-ring (bicyclic) bond motifs is 6. The highest BCUT2D eigenvalue weighted by Crippen LogP contribution is 2.75. The van der Waals surface area contributed by atoms with Crippen LogP contribution in [-0.2, 0) is 23.9 Å². The third-order valence-corrected chi connectivity index (χ3v) is 15.2.